The number of rotatable bonds is 3. The van der Waals surface area contributed by atoms with Crippen LogP contribution in [0.2, 0.25) is 0 Å². The van der Waals surface area contributed by atoms with Crippen LogP contribution >= 0.6 is 0 Å². The molecule has 0 unspecified atom stereocenters. The number of carboxylic acids is 1. The first kappa shape index (κ1) is 13.6. The van der Waals surface area contributed by atoms with Gasteiger partial charge in [-0.25, -0.2) is 4.68 Å². The zero-order chi connectivity index (χ0) is 14.7. The van der Waals surface area contributed by atoms with Crippen LogP contribution in [0.15, 0.2) is 35.9 Å². The molecule has 5 heteroatoms. The number of benzene rings is 1. The smallest absolute Gasteiger partial charge is 0.101 e. The number of carbonyl (C=O) groups excluding carboxylic acids is 1. The molecule has 2 aromatic rings. The van der Waals surface area contributed by atoms with Crippen molar-refractivity contribution in [3.05, 3.63) is 52.9 Å². The fourth-order valence-corrected chi connectivity index (χ4v) is 1.97. The van der Waals surface area contributed by atoms with E-state index in [1.807, 2.05) is 37.3 Å². The van der Waals surface area contributed by atoms with Crippen LogP contribution in [0, 0.1) is 25.2 Å². The summed E-state index contributed by atoms with van der Waals surface area (Å²) in [6, 6.07) is 11.1. The molecule has 0 atom stereocenters. The second kappa shape index (κ2) is 5.41. The molecule has 0 fully saturated rings. The first-order chi connectivity index (χ1) is 9.54. The van der Waals surface area contributed by atoms with E-state index in [2.05, 4.69) is 5.10 Å². The molecule has 0 aliphatic heterocycles. The van der Waals surface area contributed by atoms with Crippen LogP contribution < -0.4 is 5.11 Å². The van der Waals surface area contributed by atoms with E-state index in [-0.39, 0.29) is 0 Å². The number of aliphatic carboxylic acids is 1. The van der Waals surface area contributed by atoms with Crippen LogP contribution in [0.1, 0.15) is 17.0 Å². The lowest BCUT2D eigenvalue weighted by Crippen LogP contribution is -2.23. The van der Waals surface area contributed by atoms with Crippen LogP contribution in [0.25, 0.3) is 11.8 Å². The van der Waals surface area contributed by atoms with Gasteiger partial charge in [0.25, 0.3) is 0 Å². The minimum Gasteiger partial charge on any atom is -0.544 e. The Morgan fingerprint density at radius 3 is 2.55 bits per heavy atom. The van der Waals surface area contributed by atoms with Crippen LogP contribution in [-0.2, 0) is 4.79 Å². The minimum atomic E-state index is -1.49. The molecule has 0 aliphatic carbocycles. The SMILES string of the molecule is Cc1nn(-c2ccccc2)c(C)c1/C=C(/C#N)C(=O)[O-]. The Balaban J connectivity index is 2.56. The van der Waals surface area contributed by atoms with Crippen molar-refractivity contribution >= 4 is 12.0 Å². The Labute approximate surface area is 116 Å². The average Bonchev–Trinajstić information content (AvgIpc) is 2.72. The monoisotopic (exact) mass is 266 g/mol. The summed E-state index contributed by atoms with van der Waals surface area (Å²) >= 11 is 0. The number of aryl methyl sites for hydroxylation is 1. The highest BCUT2D eigenvalue weighted by atomic mass is 16.4. The van der Waals surface area contributed by atoms with Crippen molar-refractivity contribution < 1.29 is 9.90 Å². The number of carbonyl (C=O) groups is 1. The van der Waals surface area contributed by atoms with Gasteiger partial charge in [0.15, 0.2) is 0 Å². The van der Waals surface area contributed by atoms with E-state index in [9.17, 15) is 9.90 Å². The Morgan fingerprint density at radius 2 is 2.00 bits per heavy atom. The molecule has 2 rings (SSSR count). The predicted octanol–water partition coefficient (Wildman–Crippen LogP) is 1.15. The molecule has 0 saturated carbocycles. The Kier molecular flexibility index (Phi) is 3.67. The van der Waals surface area contributed by atoms with E-state index in [0.717, 1.165) is 11.4 Å². The third kappa shape index (κ3) is 2.45. The van der Waals surface area contributed by atoms with Crippen molar-refractivity contribution in [1.29, 1.82) is 5.26 Å². The highest BCUT2D eigenvalue weighted by Crippen LogP contribution is 2.20. The molecule has 0 aliphatic rings. The van der Waals surface area contributed by atoms with Crippen LogP contribution in [-0.4, -0.2) is 15.7 Å². The molecule has 1 aromatic carbocycles. The molecule has 5 nitrogen and oxygen atoms in total. The van der Waals surface area contributed by atoms with Crippen molar-refractivity contribution in [1.82, 2.24) is 9.78 Å². The van der Waals surface area contributed by atoms with Gasteiger partial charge in [-0.05, 0) is 32.1 Å². The van der Waals surface area contributed by atoms with E-state index in [1.54, 1.807) is 17.7 Å². The molecular weight excluding hydrogens is 254 g/mol. The van der Waals surface area contributed by atoms with Crippen LogP contribution in [0.5, 0.6) is 0 Å². The largest absolute Gasteiger partial charge is 0.544 e. The van der Waals surface area contributed by atoms with Crippen LogP contribution in [0.4, 0.5) is 0 Å². The molecular formula is C15H12N3O2-. The lowest BCUT2D eigenvalue weighted by molar-refractivity contribution is -0.298. The maximum atomic E-state index is 10.8. The zero-order valence-electron chi connectivity index (χ0n) is 11.1. The minimum absolute atomic E-state index is 0.413. The number of hydrogen-bond donors (Lipinski definition) is 0. The van der Waals surface area contributed by atoms with Gasteiger partial charge in [-0.15, -0.1) is 0 Å². The average molecular weight is 266 g/mol. The summed E-state index contributed by atoms with van der Waals surface area (Å²) in [7, 11) is 0. The predicted molar refractivity (Wildman–Crippen MR) is 71.6 cm³/mol. The second-order valence-corrected chi connectivity index (χ2v) is 4.29. The van der Waals surface area contributed by atoms with E-state index in [0.29, 0.717) is 11.3 Å². The molecule has 0 radical (unpaired) electrons. The van der Waals surface area contributed by atoms with E-state index >= 15 is 0 Å². The van der Waals surface area contributed by atoms with Gasteiger partial charge in [0.1, 0.15) is 6.07 Å². The Morgan fingerprint density at radius 1 is 1.35 bits per heavy atom. The molecule has 1 heterocycles. The number of nitrogens with zero attached hydrogens (tertiary/aromatic N) is 3. The second-order valence-electron chi connectivity index (χ2n) is 4.29. The maximum absolute atomic E-state index is 10.8. The maximum Gasteiger partial charge on any atom is 0.101 e. The standard InChI is InChI=1S/C15H13N3O2/c1-10-14(8-12(9-16)15(19)20)11(2)18(17-10)13-6-4-3-5-7-13/h3-8H,1-2H3,(H,19,20)/p-1/b12-8-. The van der Waals surface area contributed by atoms with E-state index < -0.39 is 11.5 Å². The topological polar surface area (TPSA) is 81.7 Å². The zero-order valence-corrected chi connectivity index (χ0v) is 11.1. The van der Waals surface area contributed by atoms with Crippen LogP contribution in [0.3, 0.4) is 0 Å². The van der Waals surface area contributed by atoms with Gasteiger partial charge in [0.05, 0.1) is 22.9 Å². The van der Waals surface area contributed by atoms with Gasteiger partial charge in [-0.1, -0.05) is 18.2 Å². The summed E-state index contributed by atoms with van der Waals surface area (Å²) in [5.41, 5.74) is 2.50. The number of para-hydroxylation sites is 1. The van der Waals surface area contributed by atoms with Crippen molar-refractivity contribution in [2.75, 3.05) is 0 Å². The van der Waals surface area contributed by atoms with E-state index in [1.165, 1.54) is 6.08 Å². The fraction of sp³-hybridized carbons (Fsp3) is 0.133. The molecule has 1 aromatic heterocycles. The molecule has 0 bridgehead atoms. The third-order valence-corrected chi connectivity index (χ3v) is 2.98. The molecule has 0 amide bonds. The van der Waals surface area contributed by atoms with E-state index in [4.69, 9.17) is 5.26 Å². The molecule has 0 N–H and O–H groups in total. The van der Waals surface area contributed by atoms with Gasteiger partial charge in [0, 0.05) is 11.3 Å². The van der Waals surface area contributed by atoms with Gasteiger partial charge in [-0.3, -0.25) is 0 Å². The van der Waals surface area contributed by atoms with Crippen molar-refractivity contribution in [2.45, 2.75) is 13.8 Å². The third-order valence-electron chi connectivity index (χ3n) is 2.98. The van der Waals surface area contributed by atoms with Gasteiger partial charge < -0.3 is 9.90 Å². The Hall–Kier alpha value is -2.87. The quantitative estimate of drug-likeness (QED) is 0.616. The van der Waals surface area contributed by atoms with Gasteiger partial charge in [0.2, 0.25) is 0 Å². The first-order valence-corrected chi connectivity index (χ1v) is 5.99. The summed E-state index contributed by atoms with van der Waals surface area (Å²) in [6.07, 6.45) is 1.30. The number of hydrogen-bond acceptors (Lipinski definition) is 4. The number of nitriles is 1. The number of aromatic nitrogens is 2. The van der Waals surface area contributed by atoms with Crippen molar-refractivity contribution in [2.24, 2.45) is 0 Å². The van der Waals surface area contributed by atoms with Gasteiger partial charge >= 0.3 is 0 Å². The number of carboxylic acid groups (broad SMARTS) is 1. The highest BCUT2D eigenvalue weighted by Gasteiger charge is 2.12. The lowest BCUT2D eigenvalue weighted by Gasteiger charge is -2.04. The molecule has 0 spiro atoms. The summed E-state index contributed by atoms with van der Waals surface area (Å²) in [4.78, 5) is 10.8. The molecule has 20 heavy (non-hydrogen) atoms. The van der Waals surface area contributed by atoms with Gasteiger partial charge in [-0.2, -0.15) is 10.4 Å². The fourth-order valence-electron chi connectivity index (χ4n) is 1.97. The summed E-state index contributed by atoms with van der Waals surface area (Å²) in [5, 5.41) is 24.0. The molecule has 0 saturated heterocycles. The van der Waals surface area contributed by atoms with Crippen molar-refractivity contribution in [3.63, 3.8) is 0 Å². The summed E-state index contributed by atoms with van der Waals surface area (Å²) in [5.74, 6) is -1.49. The first-order valence-electron chi connectivity index (χ1n) is 5.99. The Bertz CT molecular complexity index is 722. The van der Waals surface area contributed by atoms with Crippen molar-refractivity contribution in [3.8, 4) is 11.8 Å². The summed E-state index contributed by atoms with van der Waals surface area (Å²) in [6.45, 7) is 3.59. The normalized spacial score (nSPS) is 11.2. The summed E-state index contributed by atoms with van der Waals surface area (Å²) < 4.78 is 1.71. The lowest BCUT2D eigenvalue weighted by atomic mass is 10.1. The molecule has 100 valence electrons. The highest BCUT2D eigenvalue weighted by molar-refractivity contribution is 5.95.